The van der Waals surface area contributed by atoms with Gasteiger partial charge in [-0.05, 0) is 43.5 Å². The molecule has 0 radical (unpaired) electrons. The molecular weight excluding hydrogens is 390 g/mol. The summed E-state index contributed by atoms with van der Waals surface area (Å²) < 4.78 is 10.7. The zero-order valence-electron chi connectivity index (χ0n) is 16.4. The molecule has 0 unspecified atom stereocenters. The lowest BCUT2D eigenvalue weighted by Crippen LogP contribution is -2.32. The van der Waals surface area contributed by atoms with E-state index in [4.69, 9.17) is 20.9 Å². The number of ether oxygens (including phenoxy) is 1. The van der Waals surface area contributed by atoms with Crippen molar-refractivity contribution in [3.8, 4) is 17.1 Å². The second kappa shape index (κ2) is 8.25. The van der Waals surface area contributed by atoms with E-state index in [-0.39, 0.29) is 18.4 Å². The van der Waals surface area contributed by atoms with Crippen LogP contribution in [0.25, 0.3) is 11.4 Å². The number of likely N-dealkylation sites (tertiary alicyclic amines) is 1. The molecule has 1 aliphatic rings. The number of carbonyl (C=O) groups excluding carboxylic acids is 1. The van der Waals surface area contributed by atoms with Gasteiger partial charge in [0.2, 0.25) is 17.6 Å². The van der Waals surface area contributed by atoms with Crippen LogP contribution in [0.5, 0.6) is 5.75 Å². The number of benzene rings is 2. The monoisotopic (exact) mass is 411 g/mol. The molecule has 3 aromatic rings. The number of hydrogen-bond donors (Lipinski definition) is 0. The Labute approximate surface area is 174 Å². The molecule has 1 aromatic heterocycles. The Kier molecular flexibility index (Phi) is 5.53. The van der Waals surface area contributed by atoms with Crippen LogP contribution in [0, 0.1) is 6.92 Å². The molecule has 4 rings (SSSR count). The molecule has 0 aliphatic carbocycles. The first-order valence-electron chi connectivity index (χ1n) is 9.57. The Hall–Kier alpha value is -2.86. The number of amides is 1. The van der Waals surface area contributed by atoms with Crippen LogP contribution in [0.3, 0.4) is 0 Å². The largest absolute Gasteiger partial charge is 0.495 e. The number of hydrogen-bond acceptors (Lipinski definition) is 5. The minimum Gasteiger partial charge on any atom is -0.495 e. The molecule has 150 valence electrons. The Bertz CT molecular complexity index is 1030. The highest BCUT2D eigenvalue weighted by molar-refractivity contribution is 6.32. The normalized spacial score (nSPS) is 16.2. The number of aromatic nitrogens is 2. The number of nitrogens with zero attached hydrogens (tertiary/aromatic N) is 3. The minimum absolute atomic E-state index is 0.0176. The molecule has 7 heteroatoms. The molecule has 1 saturated heterocycles. The third-order valence-electron chi connectivity index (χ3n) is 5.15. The molecule has 1 atom stereocenters. The van der Waals surface area contributed by atoms with Crippen molar-refractivity contribution >= 4 is 17.5 Å². The van der Waals surface area contributed by atoms with Gasteiger partial charge in [0.1, 0.15) is 11.8 Å². The van der Waals surface area contributed by atoms with Gasteiger partial charge in [-0.2, -0.15) is 4.98 Å². The summed E-state index contributed by atoms with van der Waals surface area (Å²) in [6.45, 7) is 2.70. The first-order chi connectivity index (χ1) is 14.0. The summed E-state index contributed by atoms with van der Waals surface area (Å²) in [4.78, 5) is 19.3. The maximum Gasteiger partial charge on any atom is 0.249 e. The number of rotatable bonds is 5. The number of methoxy groups -OCH3 is 1. The number of carbonyl (C=O) groups is 1. The molecule has 0 saturated carbocycles. The summed E-state index contributed by atoms with van der Waals surface area (Å²) in [7, 11) is 1.57. The quantitative estimate of drug-likeness (QED) is 0.613. The van der Waals surface area contributed by atoms with Crippen LogP contribution in [0.2, 0.25) is 5.02 Å². The van der Waals surface area contributed by atoms with Gasteiger partial charge in [-0.25, -0.2) is 0 Å². The van der Waals surface area contributed by atoms with E-state index in [0.717, 1.165) is 29.5 Å². The first kappa shape index (κ1) is 19.5. The Morgan fingerprint density at radius 2 is 2.17 bits per heavy atom. The topological polar surface area (TPSA) is 68.5 Å². The van der Waals surface area contributed by atoms with Crippen molar-refractivity contribution < 1.29 is 14.1 Å². The van der Waals surface area contributed by atoms with Gasteiger partial charge >= 0.3 is 0 Å². The minimum atomic E-state index is -0.192. The lowest BCUT2D eigenvalue weighted by Gasteiger charge is -2.22. The fourth-order valence-electron chi connectivity index (χ4n) is 3.69. The molecule has 0 bridgehead atoms. The molecule has 1 fully saturated rings. The summed E-state index contributed by atoms with van der Waals surface area (Å²) in [5, 5.41) is 4.62. The van der Waals surface area contributed by atoms with E-state index in [1.54, 1.807) is 19.2 Å². The summed E-state index contributed by atoms with van der Waals surface area (Å²) in [6.07, 6.45) is 1.98. The van der Waals surface area contributed by atoms with Gasteiger partial charge in [0.25, 0.3) is 0 Å². The smallest absolute Gasteiger partial charge is 0.249 e. The van der Waals surface area contributed by atoms with Gasteiger partial charge in [-0.1, -0.05) is 46.6 Å². The van der Waals surface area contributed by atoms with Crippen molar-refractivity contribution in [2.24, 2.45) is 0 Å². The van der Waals surface area contributed by atoms with Crippen LogP contribution in [0.4, 0.5) is 0 Å². The highest BCUT2D eigenvalue weighted by Gasteiger charge is 2.34. The van der Waals surface area contributed by atoms with Crippen molar-refractivity contribution in [1.82, 2.24) is 15.0 Å². The van der Waals surface area contributed by atoms with Crippen molar-refractivity contribution in [3.05, 3.63) is 64.5 Å². The summed E-state index contributed by atoms with van der Waals surface area (Å²) in [5.74, 6) is 1.64. The van der Waals surface area contributed by atoms with Crippen LogP contribution >= 0.6 is 11.6 Å². The molecule has 1 amide bonds. The lowest BCUT2D eigenvalue weighted by molar-refractivity contribution is -0.131. The van der Waals surface area contributed by atoms with Gasteiger partial charge in [0.15, 0.2) is 0 Å². The van der Waals surface area contributed by atoms with Crippen molar-refractivity contribution in [2.45, 2.75) is 32.2 Å². The fraction of sp³-hybridized carbons (Fsp3) is 0.318. The van der Waals surface area contributed by atoms with E-state index in [2.05, 4.69) is 10.1 Å². The molecule has 29 heavy (non-hydrogen) atoms. The summed E-state index contributed by atoms with van der Waals surface area (Å²) in [5.41, 5.74) is 2.88. The Morgan fingerprint density at radius 1 is 1.31 bits per heavy atom. The van der Waals surface area contributed by atoms with Crippen LogP contribution in [0.15, 0.2) is 47.0 Å². The molecular formula is C22H22ClN3O3. The van der Waals surface area contributed by atoms with Gasteiger partial charge in [-0.3, -0.25) is 4.79 Å². The summed E-state index contributed by atoms with van der Waals surface area (Å²) >= 11 is 6.19. The van der Waals surface area contributed by atoms with Crippen molar-refractivity contribution in [3.63, 3.8) is 0 Å². The van der Waals surface area contributed by atoms with Gasteiger partial charge in [-0.15, -0.1) is 0 Å². The van der Waals surface area contributed by atoms with E-state index in [1.165, 1.54) is 0 Å². The third-order valence-corrected chi connectivity index (χ3v) is 5.44. The zero-order valence-corrected chi connectivity index (χ0v) is 17.1. The van der Waals surface area contributed by atoms with Crippen molar-refractivity contribution in [1.29, 1.82) is 0 Å². The van der Waals surface area contributed by atoms with Crippen molar-refractivity contribution in [2.75, 3.05) is 13.7 Å². The van der Waals surface area contributed by atoms with Gasteiger partial charge in [0, 0.05) is 12.1 Å². The third kappa shape index (κ3) is 4.12. The lowest BCUT2D eigenvalue weighted by atomic mass is 10.1. The van der Waals surface area contributed by atoms with Crippen LogP contribution < -0.4 is 4.74 Å². The van der Waals surface area contributed by atoms with E-state index in [0.29, 0.717) is 29.0 Å². The average molecular weight is 412 g/mol. The molecule has 2 heterocycles. The standard InChI is InChI=1S/C22H22ClN3O3/c1-14-5-3-6-16(11-14)21-24-22(29-25-21)18-7-4-10-26(18)20(27)13-15-8-9-19(28-2)17(23)12-15/h3,5-6,8-9,11-12,18H,4,7,10,13H2,1-2H3/t18-/m1/s1. The maximum atomic E-state index is 12.9. The zero-order chi connectivity index (χ0) is 20.4. The van der Waals surface area contributed by atoms with Gasteiger partial charge < -0.3 is 14.2 Å². The molecule has 0 N–H and O–H groups in total. The molecule has 6 nitrogen and oxygen atoms in total. The average Bonchev–Trinajstić information content (AvgIpc) is 3.37. The van der Waals surface area contributed by atoms with E-state index in [9.17, 15) is 4.79 Å². The number of halogens is 1. The van der Waals surface area contributed by atoms with E-state index in [1.807, 2.05) is 42.2 Å². The maximum absolute atomic E-state index is 12.9. The highest BCUT2D eigenvalue weighted by atomic mass is 35.5. The SMILES string of the molecule is COc1ccc(CC(=O)N2CCC[C@@H]2c2nc(-c3cccc(C)c3)no2)cc1Cl. The molecule has 0 spiro atoms. The second-order valence-electron chi connectivity index (χ2n) is 7.22. The fourth-order valence-corrected chi connectivity index (χ4v) is 3.97. The Balaban J connectivity index is 1.50. The van der Waals surface area contributed by atoms with Gasteiger partial charge in [0.05, 0.1) is 18.6 Å². The van der Waals surface area contributed by atoms with Crippen LogP contribution in [-0.2, 0) is 11.2 Å². The summed E-state index contributed by atoms with van der Waals surface area (Å²) in [6, 6.07) is 13.2. The molecule has 2 aromatic carbocycles. The molecule has 1 aliphatic heterocycles. The van der Waals surface area contributed by atoms with E-state index >= 15 is 0 Å². The van der Waals surface area contributed by atoms with E-state index < -0.39 is 0 Å². The van der Waals surface area contributed by atoms with Crippen LogP contribution in [-0.4, -0.2) is 34.6 Å². The Morgan fingerprint density at radius 3 is 2.93 bits per heavy atom. The second-order valence-corrected chi connectivity index (χ2v) is 7.62. The number of aryl methyl sites for hydroxylation is 1. The highest BCUT2D eigenvalue weighted by Crippen LogP contribution is 2.33. The first-order valence-corrected chi connectivity index (χ1v) is 9.95. The van der Waals surface area contributed by atoms with Crippen LogP contribution in [0.1, 0.15) is 35.9 Å². The predicted octanol–water partition coefficient (Wildman–Crippen LogP) is 4.61. The predicted molar refractivity (Wildman–Crippen MR) is 110 cm³/mol.